The molecule has 0 aliphatic rings. The fourth-order valence-corrected chi connectivity index (χ4v) is 2.22. The van der Waals surface area contributed by atoms with E-state index >= 15 is 0 Å². The average molecular weight is 301 g/mol. The van der Waals surface area contributed by atoms with E-state index < -0.39 is 28.6 Å². The molecule has 3 aromatic rings. The summed E-state index contributed by atoms with van der Waals surface area (Å²) in [7, 11) is 0. The summed E-state index contributed by atoms with van der Waals surface area (Å²) in [6.45, 7) is 0. The highest BCUT2D eigenvalue weighted by molar-refractivity contribution is 6.05. The van der Waals surface area contributed by atoms with Crippen LogP contribution in [0.2, 0.25) is 0 Å². The monoisotopic (exact) mass is 301 g/mol. The first-order valence-corrected chi connectivity index (χ1v) is 5.99. The third-order valence-corrected chi connectivity index (χ3v) is 3.13. The van der Waals surface area contributed by atoms with E-state index in [-0.39, 0.29) is 27.6 Å². The van der Waals surface area contributed by atoms with E-state index in [4.69, 9.17) is 14.6 Å². The molecule has 0 fully saturated rings. The van der Waals surface area contributed by atoms with E-state index in [9.17, 15) is 19.2 Å². The van der Waals surface area contributed by atoms with Crippen LogP contribution in [0.4, 0.5) is 0 Å². The summed E-state index contributed by atoms with van der Waals surface area (Å²) in [5.41, 5.74) is -1.60. The fourth-order valence-electron chi connectivity index (χ4n) is 2.22. The largest absolute Gasteiger partial charge is 0.477 e. The predicted molar refractivity (Wildman–Crippen MR) is 74.5 cm³/mol. The first-order chi connectivity index (χ1) is 10.4. The maximum atomic E-state index is 12.1. The van der Waals surface area contributed by atoms with Crippen LogP contribution in [0.3, 0.4) is 0 Å². The Morgan fingerprint density at radius 1 is 0.955 bits per heavy atom. The Balaban J connectivity index is 2.52. The Hall–Kier alpha value is -3.42. The third kappa shape index (κ3) is 1.94. The topological polar surface area (TPSA) is 138 Å². The lowest BCUT2D eigenvalue weighted by atomic mass is 10.1. The highest BCUT2D eigenvalue weighted by Crippen LogP contribution is 2.20. The molecule has 2 aromatic heterocycles. The van der Waals surface area contributed by atoms with Gasteiger partial charge < -0.3 is 19.6 Å². The molecular weight excluding hydrogens is 294 g/mol. The number of aromatic nitrogens is 1. The molecule has 1 aromatic carbocycles. The van der Waals surface area contributed by atoms with Gasteiger partial charge in [-0.2, -0.15) is 0 Å². The molecule has 8 heteroatoms. The van der Waals surface area contributed by atoms with Crippen LogP contribution in [-0.2, 0) is 0 Å². The van der Waals surface area contributed by atoms with Crippen molar-refractivity contribution in [2.75, 3.05) is 0 Å². The van der Waals surface area contributed by atoms with Crippen LogP contribution < -0.4 is 10.9 Å². The highest BCUT2D eigenvalue weighted by Gasteiger charge is 2.16. The summed E-state index contributed by atoms with van der Waals surface area (Å²) >= 11 is 0. The van der Waals surface area contributed by atoms with Gasteiger partial charge in [-0.25, -0.2) is 9.59 Å². The average Bonchev–Trinajstić information content (AvgIpc) is 2.46. The van der Waals surface area contributed by atoms with Crippen molar-refractivity contribution in [2.24, 2.45) is 0 Å². The number of fused-ring (bicyclic) bond motifs is 3. The van der Waals surface area contributed by atoms with Crippen molar-refractivity contribution in [1.29, 1.82) is 0 Å². The number of hydrogen-bond donors (Lipinski definition) is 3. The van der Waals surface area contributed by atoms with Crippen molar-refractivity contribution in [2.45, 2.75) is 0 Å². The van der Waals surface area contributed by atoms with Gasteiger partial charge in [0.25, 0.3) is 0 Å². The van der Waals surface area contributed by atoms with Crippen molar-refractivity contribution in [3.8, 4) is 0 Å². The van der Waals surface area contributed by atoms with Crippen LogP contribution in [0.5, 0.6) is 0 Å². The standard InChI is InChI=1S/C14H7NO7/c16-7-3-6(13(18)19)15-5-1-2-9-12(11(5)7)8(17)4-10(22-9)14(20)21/h1-4H,(H,15,16)(H,18,19)(H,20,21). The molecule has 2 heterocycles. The second kappa shape index (κ2) is 4.55. The fraction of sp³-hybridized carbons (Fsp3) is 0. The number of rotatable bonds is 2. The molecular formula is C14H7NO7. The number of carbonyl (C=O) groups is 2. The maximum absolute atomic E-state index is 12.1. The van der Waals surface area contributed by atoms with Crippen molar-refractivity contribution in [1.82, 2.24) is 4.98 Å². The summed E-state index contributed by atoms with van der Waals surface area (Å²) in [5, 5.41) is 17.6. The summed E-state index contributed by atoms with van der Waals surface area (Å²) in [6, 6.07) is 4.27. The number of carboxylic acids is 2. The van der Waals surface area contributed by atoms with Gasteiger partial charge in [0.1, 0.15) is 11.3 Å². The van der Waals surface area contributed by atoms with Crippen molar-refractivity contribution < 1.29 is 24.2 Å². The van der Waals surface area contributed by atoms with Crippen molar-refractivity contribution in [3.63, 3.8) is 0 Å². The van der Waals surface area contributed by atoms with Gasteiger partial charge in [0.2, 0.25) is 5.76 Å². The molecule has 0 spiro atoms. The summed E-state index contributed by atoms with van der Waals surface area (Å²) in [4.78, 5) is 48.5. The minimum Gasteiger partial charge on any atom is -0.477 e. The Kier molecular flexibility index (Phi) is 2.81. The van der Waals surface area contributed by atoms with E-state index in [0.717, 1.165) is 12.1 Å². The number of nitrogens with one attached hydrogen (secondary N) is 1. The lowest BCUT2D eigenvalue weighted by molar-refractivity contribution is 0.0659. The molecule has 22 heavy (non-hydrogen) atoms. The van der Waals surface area contributed by atoms with E-state index in [1.807, 2.05) is 0 Å². The number of pyridine rings is 1. The second-order valence-electron chi connectivity index (χ2n) is 4.49. The van der Waals surface area contributed by atoms with Crippen LogP contribution in [-0.4, -0.2) is 27.1 Å². The van der Waals surface area contributed by atoms with E-state index in [1.54, 1.807) is 0 Å². The molecule has 0 bridgehead atoms. The van der Waals surface area contributed by atoms with Gasteiger partial charge in [-0.05, 0) is 12.1 Å². The number of H-pyrrole nitrogens is 1. The molecule has 0 saturated carbocycles. The lowest BCUT2D eigenvalue weighted by Gasteiger charge is -2.04. The Morgan fingerprint density at radius 2 is 1.64 bits per heavy atom. The van der Waals surface area contributed by atoms with Crippen LogP contribution in [0, 0.1) is 0 Å². The summed E-state index contributed by atoms with van der Waals surface area (Å²) in [6.07, 6.45) is 0. The zero-order valence-electron chi connectivity index (χ0n) is 10.7. The maximum Gasteiger partial charge on any atom is 0.371 e. The van der Waals surface area contributed by atoms with Gasteiger partial charge >= 0.3 is 11.9 Å². The molecule has 3 N–H and O–H groups in total. The first kappa shape index (κ1) is 13.6. The molecule has 0 saturated heterocycles. The Labute approximate surface area is 120 Å². The Bertz CT molecular complexity index is 987. The number of aromatic amines is 1. The van der Waals surface area contributed by atoms with E-state index in [2.05, 4.69) is 4.98 Å². The summed E-state index contributed by atoms with van der Waals surface area (Å²) < 4.78 is 5.08. The van der Waals surface area contributed by atoms with Gasteiger partial charge in [-0.15, -0.1) is 0 Å². The minimum absolute atomic E-state index is 0.0480. The number of benzene rings is 1. The molecule has 0 aliphatic carbocycles. The third-order valence-electron chi connectivity index (χ3n) is 3.13. The molecule has 3 rings (SSSR count). The Morgan fingerprint density at radius 3 is 2.27 bits per heavy atom. The number of hydrogen-bond acceptors (Lipinski definition) is 5. The predicted octanol–water partition coefficient (Wildman–Crippen LogP) is 1.03. The quantitative estimate of drug-likeness (QED) is 0.601. The lowest BCUT2D eigenvalue weighted by Crippen LogP contribution is -2.13. The van der Waals surface area contributed by atoms with Crippen molar-refractivity contribution >= 4 is 33.8 Å². The second-order valence-corrected chi connectivity index (χ2v) is 4.49. The normalized spacial score (nSPS) is 10.9. The smallest absolute Gasteiger partial charge is 0.371 e. The van der Waals surface area contributed by atoms with Gasteiger partial charge in [-0.3, -0.25) is 9.59 Å². The highest BCUT2D eigenvalue weighted by atomic mass is 16.4. The van der Waals surface area contributed by atoms with Crippen LogP contribution in [0.25, 0.3) is 21.9 Å². The van der Waals surface area contributed by atoms with E-state index in [0.29, 0.717) is 0 Å². The van der Waals surface area contributed by atoms with E-state index in [1.165, 1.54) is 12.1 Å². The zero-order valence-corrected chi connectivity index (χ0v) is 10.7. The number of carboxylic acid groups (broad SMARTS) is 2. The van der Waals surface area contributed by atoms with Gasteiger partial charge in [-0.1, -0.05) is 0 Å². The molecule has 0 atom stereocenters. The van der Waals surface area contributed by atoms with Crippen LogP contribution in [0.15, 0.2) is 38.3 Å². The summed E-state index contributed by atoms with van der Waals surface area (Å²) in [5.74, 6) is -3.27. The minimum atomic E-state index is -1.41. The van der Waals surface area contributed by atoms with Crippen LogP contribution in [0.1, 0.15) is 21.0 Å². The molecule has 0 amide bonds. The van der Waals surface area contributed by atoms with Gasteiger partial charge in [0, 0.05) is 12.1 Å². The molecule has 0 radical (unpaired) electrons. The zero-order chi connectivity index (χ0) is 16.0. The molecule has 8 nitrogen and oxygen atoms in total. The molecule has 0 aliphatic heterocycles. The SMILES string of the molecule is O=C(O)c1cc(=O)c2c(ccc3oc(C(=O)O)cc(=O)c32)[nH]1. The number of aromatic carboxylic acids is 2. The van der Waals surface area contributed by atoms with Gasteiger partial charge in [0.15, 0.2) is 10.9 Å². The van der Waals surface area contributed by atoms with Gasteiger partial charge in [0.05, 0.1) is 16.3 Å². The first-order valence-electron chi connectivity index (χ1n) is 5.99. The molecule has 110 valence electrons. The molecule has 0 unspecified atom stereocenters. The van der Waals surface area contributed by atoms with Crippen LogP contribution >= 0.6 is 0 Å². The van der Waals surface area contributed by atoms with Crippen molar-refractivity contribution in [3.05, 3.63) is 56.2 Å².